The van der Waals surface area contributed by atoms with Crippen molar-refractivity contribution in [2.75, 3.05) is 11.9 Å². The van der Waals surface area contributed by atoms with Crippen LogP contribution in [0, 0.1) is 23.7 Å². The van der Waals surface area contributed by atoms with Crippen LogP contribution in [0.5, 0.6) is 0 Å². The largest absolute Gasteiger partial charge is 0.391 e. The summed E-state index contributed by atoms with van der Waals surface area (Å²) in [6.45, 7) is 6.14. The molecule has 2 aromatic rings. The van der Waals surface area contributed by atoms with Crippen LogP contribution >= 0.6 is 0 Å². The molecule has 0 aliphatic heterocycles. The quantitative estimate of drug-likeness (QED) is 0.174. The highest BCUT2D eigenvalue weighted by Gasteiger charge is 2.27. The predicted molar refractivity (Wildman–Crippen MR) is 151 cm³/mol. The van der Waals surface area contributed by atoms with Crippen LogP contribution in [0.25, 0.3) is 0 Å². The van der Waals surface area contributed by atoms with Crippen LogP contribution in [0.15, 0.2) is 48.5 Å². The standard InChI is InChI=1S/C29H36N4O5.CH4/c1-18-5-4-6-25(19(18)2)30-17-26(35)31-24-15-11-22(12-16-24)8-7-21-9-13-23(14-10-21)28(36)32-27(20(3)34)29(37)33-38;/h9-16,18-20,25,27,30,34,38H,4-6,17H2,1-3H3,(H,31,35)(H,32,36)(H,33,37);1H4/t18?,19?,20-,25?,27+;/m1./s1. The van der Waals surface area contributed by atoms with Crippen molar-refractivity contribution in [3.8, 4) is 11.8 Å². The third kappa shape index (κ3) is 9.21. The van der Waals surface area contributed by atoms with E-state index in [-0.39, 0.29) is 25.4 Å². The lowest BCUT2D eigenvalue weighted by Gasteiger charge is -2.34. The van der Waals surface area contributed by atoms with Crippen LogP contribution in [-0.4, -0.2) is 52.8 Å². The van der Waals surface area contributed by atoms with Gasteiger partial charge in [-0.1, -0.05) is 46.0 Å². The fourth-order valence-electron chi connectivity index (χ4n) is 4.48. The van der Waals surface area contributed by atoms with E-state index in [9.17, 15) is 19.5 Å². The van der Waals surface area contributed by atoms with E-state index in [1.54, 1.807) is 24.3 Å². The lowest BCUT2D eigenvalue weighted by Crippen LogP contribution is -2.51. The Kier molecular flexibility index (Phi) is 12.1. The third-order valence-electron chi connectivity index (χ3n) is 7.06. The van der Waals surface area contributed by atoms with Crippen molar-refractivity contribution in [2.24, 2.45) is 11.8 Å². The zero-order chi connectivity index (χ0) is 27.7. The van der Waals surface area contributed by atoms with Gasteiger partial charge in [-0.15, -0.1) is 0 Å². The van der Waals surface area contributed by atoms with Gasteiger partial charge in [0.25, 0.3) is 11.8 Å². The average molecular weight is 537 g/mol. The molecule has 2 aromatic carbocycles. The fourth-order valence-corrected chi connectivity index (χ4v) is 4.48. The second kappa shape index (κ2) is 15.0. The van der Waals surface area contributed by atoms with Gasteiger partial charge < -0.3 is 21.1 Å². The summed E-state index contributed by atoms with van der Waals surface area (Å²) < 4.78 is 0. The first-order valence-corrected chi connectivity index (χ1v) is 12.9. The number of aliphatic hydroxyl groups excluding tert-OH is 1. The molecule has 0 radical (unpaired) electrons. The summed E-state index contributed by atoms with van der Waals surface area (Å²) in [4.78, 5) is 36.4. The van der Waals surface area contributed by atoms with Crippen molar-refractivity contribution in [3.05, 3.63) is 65.2 Å². The number of anilines is 1. The van der Waals surface area contributed by atoms with E-state index in [0.717, 1.165) is 12.0 Å². The fraction of sp³-hybridized carbons (Fsp3) is 0.433. The van der Waals surface area contributed by atoms with Crippen LogP contribution in [-0.2, 0) is 9.59 Å². The van der Waals surface area contributed by atoms with E-state index in [1.165, 1.54) is 25.2 Å². The predicted octanol–water partition coefficient (Wildman–Crippen LogP) is 3.06. The third-order valence-corrected chi connectivity index (χ3v) is 7.06. The van der Waals surface area contributed by atoms with Crippen LogP contribution in [0.3, 0.4) is 0 Å². The summed E-state index contributed by atoms with van der Waals surface area (Å²) in [5.74, 6) is 5.74. The highest BCUT2D eigenvalue weighted by molar-refractivity contribution is 5.97. The van der Waals surface area contributed by atoms with Gasteiger partial charge >= 0.3 is 0 Å². The van der Waals surface area contributed by atoms with Gasteiger partial charge in [-0.25, -0.2) is 5.48 Å². The summed E-state index contributed by atoms with van der Waals surface area (Å²) >= 11 is 0. The maximum atomic E-state index is 12.4. The van der Waals surface area contributed by atoms with Crippen molar-refractivity contribution in [1.82, 2.24) is 16.1 Å². The van der Waals surface area contributed by atoms with Crippen molar-refractivity contribution in [1.29, 1.82) is 0 Å². The van der Waals surface area contributed by atoms with Gasteiger partial charge in [-0.2, -0.15) is 0 Å². The van der Waals surface area contributed by atoms with Gasteiger partial charge in [0.1, 0.15) is 6.04 Å². The number of nitrogens with one attached hydrogen (secondary N) is 4. The first kappa shape index (κ1) is 31.5. The Morgan fingerprint density at radius 3 is 2.13 bits per heavy atom. The molecule has 9 nitrogen and oxygen atoms in total. The second-order valence-corrected chi connectivity index (χ2v) is 9.88. The molecule has 1 aliphatic rings. The van der Waals surface area contributed by atoms with Crippen LogP contribution in [0.2, 0.25) is 0 Å². The minimum absolute atomic E-state index is 0. The van der Waals surface area contributed by atoms with E-state index < -0.39 is 24.0 Å². The summed E-state index contributed by atoms with van der Waals surface area (Å²) in [5.41, 5.74) is 3.84. The summed E-state index contributed by atoms with van der Waals surface area (Å²) in [6, 6.07) is 12.8. The molecule has 1 saturated carbocycles. The highest BCUT2D eigenvalue weighted by Crippen LogP contribution is 2.29. The highest BCUT2D eigenvalue weighted by atomic mass is 16.5. The monoisotopic (exact) mass is 536 g/mol. The molecular formula is C30H40N4O5. The maximum absolute atomic E-state index is 12.4. The molecule has 3 rings (SSSR count). The molecule has 3 unspecified atom stereocenters. The normalized spacial score (nSPS) is 19.8. The SMILES string of the molecule is C.CC1CCCC(NCC(=O)Nc2ccc(C#Cc3ccc(C(=O)N[C@H](C(=O)NO)[C@@H](C)O)cc3)cc2)C1C. The summed E-state index contributed by atoms with van der Waals surface area (Å²) in [6.07, 6.45) is 2.36. The molecule has 0 saturated heterocycles. The molecule has 210 valence electrons. The Balaban J connectivity index is 0.00000533. The lowest BCUT2D eigenvalue weighted by atomic mass is 9.78. The van der Waals surface area contributed by atoms with E-state index in [2.05, 4.69) is 41.6 Å². The smallest absolute Gasteiger partial charge is 0.268 e. The zero-order valence-electron chi connectivity index (χ0n) is 22.0. The Labute approximate surface area is 230 Å². The van der Waals surface area contributed by atoms with Gasteiger partial charge in [-0.3, -0.25) is 19.6 Å². The summed E-state index contributed by atoms with van der Waals surface area (Å²) in [5, 5.41) is 27.1. The molecule has 3 amide bonds. The molecule has 0 spiro atoms. The van der Waals surface area contributed by atoms with E-state index >= 15 is 0 Å². The number of aliphatic hydroxyl groups is 1. The molecule has 1 aliphatic carbocycles. The number of amides is 3. The Morgan fingerprint density at radius 1 is 0.974 bits per heavy atom. The minimum atomic E-state index is -1.29. The molecule has 9 heteroatoms. The van der Waals surface area contributed by atoms with E-state index in [1.807, 2.05) is 24.3 Å². The van der Waals surface area contributed by atoms with Crippen LogP contribution in [0.4, 0.5) is 5.69 Å². The van der Waals surface area contributed by atoms with Crippen LogP contribution in [0.1, 0.15) is 68.9 Å². The molecule has 0 heterocycles. The van der Waals surface area contributed by atoms with Crippen molar-refractivity contribution < 1.29 is 24.7 Å². The van der Waals surface area contributed by atoms with Gasteiger partial charge in [0.05, 0.1) is 12.6 Å². The molecule has 1 fully saturated rings. The average Bonchev–Trinajstić information content (AvgIpc) is 2.91. The zero-order valence-corrected chi connectivity index (χ0v) is 22.0. The number of carbonyl (C=O) groups excluding carboxylic acids is 3. The van der Waals surface area contributed by atoms with Crippen molar-refractivity contribution in [2.45, 2.75) is 65.6 Å². The molecule has 5 atom stereocenters. The Bertz CT molecular complexity index is 1170. The Hall–Kier alpha value is -3.71. The van der Waals surface area contributed by atoms with E-state index in [0.29, 0.717) is 29.1 Å². The number of hydroxylamine groups is 1. The number of carbonyl (C=O) groups is 3. The first-order chi connectivity index (χ1) is 18.2. The summed E-state index contributed by atoms with van der Waals surface area (Å²) in [7, 11) is 0. The molecule has 0 aromatic heterocycles. The Morgan fingerprint density at radius 2 is 1.56 bits per heavy atom. The van der Waals surface area contributed by atoms with Crippen LogP contribution < -0.4 is 21.4 Å². The van der Waals surface area contributed by atoms with Gasteiger partial charge in [0.15, 0.2) is 0 Å². The first-order valence-electron chi connectivity index (χ1n) is 12.9. The van der Waals surface area contributed by atoms with Gasteiger partial charge in [0.2, 0.25) is 5.91 Å². The topological polar surface area (TPSA) is 140 Å². The number of hydrogen-bond donors (Lipinski definition) is 6. The van der Waals surface area contributed by atoms with Gasteiger partial charge in [0, 0.05) is 28.4 Å². The molecular weight excluding hydrogens is 496 g/mol. The number of hydrogen-bond acceptors (Lipinski definition) is 6. The molecule has 0 bridgehead atoms. The second-order valence-electron chi connectivity index (χ2n) is 9.88. The maximum Gasteiger partial charge on any atom is 0.268 e. The van der Waals surface area contributed by atoms with Gasteiger partial charge in [-0.05, 0) is 73.7 Å². The number of rotatable bonds is 8. The lowest BCUT2D eigenvalue weighted by molar-refractivity contribution is -0.133. The van der Waals surface area contributed by atoms with E-state index in [4.69, 9.17) is 5.21 Å². The van der Waals surface area contributed by atoms with Crippen molar-refractivity contribution in [3.63, 3.8) is 0 Å². The molecule has 6 N–H and O–H groups in total. The number of benzene rings is 2. The van der Waals surface area contributed by atoms with Crippen molar-refractivity contribution >= 4 is 23.4 Å². The minimum Gasteiger partial charge on any atom is -0.391 e. The molecule has 39 heavy (non-hydrogen) atoms.